The molecular formula is C12H22CoO3. The zero-order valence-electron chi connectivity index (χ0n) is 10.2. The summed E-state index contributed by atoms with van der Waals surface area (Å²) in [7, 11) is 0. The van der Waals surface area contributed by atoms with Crippen molar-refractivity contribution in [1.29, 1.82) is 0 Å². The Balaban J connectivity index is 0. The maximum atomic E-state index is 10.9. The fourth-order valence-electron chi connectivity index (χ4n) is 1.32. The molecule has 4 heteroatoms. The third-order valence-electron chi connectivity index (χ3n) is 2.15. The minimum absolute atomic E-state index is 0. The Hall–Kier alpha value is -0.354. The number of ether oxygens (including phenoxy) is 1. The zero-order valence-corrected chi connectivity index (χ0v) is 11.3. The van der Waals surface area contributed by atoms with Crippen molar-refractivity contribution in [3.05, 3.63) is 0 Å². The van der Waals surface area contributed by atoms with Gasteiger partial charge in [-0.1, -0.05) is 39.0 Å². The maximum absolute atomic E-state index is 10.9. The van der Waals surface area contributed by atoms with E-state index in [1.54, 1.807) is 0 Å². The Labute approximate surface area is 109 Å². The predicted molar refractivity (Wildman–Crippen MR) is 59.6 cm³/mol. The summed E-state index contributed by atoms with van der Waals surface area (Å²) in [5.74, 6) is -0.529. The van der Waals surface area contributed by atoms with Crippen molar-refractivity contribution in [2.75, 3.05) is 6.61 Å². The molecule has 0 aliphatic carbocycles. The molecule has 0 saturated carbocycles. The van der Waals surface area contributed by atoms with Crippen molar-refractivity contribution in [3.8, 4) is 0 Å². The van der Waals surface area contributed by atoms with Gasteiger partial charge in [0.15, 0.2) is 0 Å². The van der Waals surface area contributed by atoms with E-state index in [1.807, 2.05) is 0 Å². The summed E-state index contributed by atoms with van der Waals surface area (Å²) in [5.41, 5.74) is 0. The molecule has 1 radical (unpaired) electrons. The molecule has 0 amide bonds. The van der Waals surface area contributed by atoms with Gasteiger partial charge in [0.05, 0.1) is 6.61 Å². The number of ketones is 1. The van der Waals surface area contributed by atoms with Crippen LogP contribution in [0.25, 0.3) is 0 Å². The molecule has 0 fully saturated rings. The molecule has 0 aromatic rings. The average Bonchev–Trinajstić information content (AvgIpc) is 2.15. The van der Waals surface area contributed by atoms with Gasteiger partial charge in [0.1, 0.15) is 12.2 Å². The second kappa shape index (κ2) is 12.7. The molecule has 0 spiro atoms. The summed E-state index contributed by atoms with van der Waals surface area (Å²) in [4.78, 5) is 21.5. The first kappa shape index (κ1) is 18.0. The summed E-state index contributed by atoms with van der Waals surface area (Å²) < 4.78 is 4.90. The summed E-state index contributed by atoms with van der Waals surface area (Å²) in [6.07, 6.45) is 6.92. The van der Waals surface area contributed by atoms with E-state index in [1.165, 1.54) is 32.6 Å². The van der Waals surface area contributed by atoms with E-state index in [9.17, 15) is 9.59 Å². The third kappa shape index (κ3) is 13.6. The van der Waals surface area contributed by atoms with Crippen LogP contribution in [0.3, 0.4) is 0 Å². The first-order valence-corrected chi connectivity index (χ1v) is 5.82. The molecule has 0 rings (SSSR count). The Kier molecular flexibility index (Phi) is 14.3. The first-order valence-electron chi connectivity index (χ1n) is 5.82. The number of esters is 1. The fraction of sp³-hybridized carbons (Fsp3) is 0.833. The minimum atomic E-state index is -0.393. The minimum Gasteiger partial charge on any atom is -0.465 e. The third-order valence-corrected chi connectivity index (χ3v) is 2.15. The Morgan fingerprint density at radius 3 is 2.12 bits per heavy atom. The van der Waals surface area contributed by atoms with Crippen LogP contribution in [-0.2, 0) is 31.1 Å². The van der Waals surface area contributed by atoms with Gasteiger partial charge in [0.25, 0.3) is 0 Å². The van der Waals surface area contributed by atoms with E-state index in [-0.39, 0.29) is 29.0 Å². The largest absolute Gasteiger partial charge is 0.465 e. The molecule has 0 unspecified atom stereocenters. The normalized spacial score (nSPS) is 9.38. The van der Waals surface area contributed by atoms with Crippen LogP contribution < -0.4 is 0 Å². The molecule has 0 aromatic carbocycles. The van der Waals surface area contributed by atoms with Crippen LogP contribution in [0.4, 0.5) is 0 Å². The Morgan fingerprint density at radius 1 is 1.00 bits per heavy atom. The van der Waals surface area contributed by atoms with E-state index in [2.05, 4.69) is 6.92 Å². The fourth-order valence-corrected chi connectivity index (χ4v) is 1.32. The summed E-state index contributed by atoms with van der Waals surface area (Å²) >= 11 is 0. The number of hydrogen-bond acceptors (Lipinski definition) is 3. The molecule has 0 saturated heterocycles. The number of carbonyl (C=O) groups is 2. The van der Waals surface area contributed by atoms with Crippen molar-refractivity contribution in [2.45, 2.75) is 58.8 Å². The van der Waals surface area contributed by atoms with E-state index >= 15 is 0 Å². The van der Waals surface area contributed by atoms with Crippen LogP contribution in [0.15, 0.2) is 0 Å². The van der Waals surface area contributed by atoms with E-state index < -0.39 is 5.97 Å². The molecule has 0 atom stereocenters. The van der Waals surface area contributed by atoms with Crippen molar-refractivity contribution in [2.24, 2.45) is 0 Å². The number of rotatable bonds is 9. The quantitative estimate of drug-likeness (QED) is 0.368. The molecule has 0 heterocycles. The van der Waals surface area contributed by atoms with Gasteiger partial charge in [0, 0.05) is 16.8 Å². The Morgan fingerprint density at radius 2 is 1.56 bits per heavy atom. The summed E-state index contributed by atoms with van der Waals surface area (Å²) in [6.45, 7) is 4.04. The molecule has 16 heavy (non-hydrogen) atoms. The van der Waals surface area contributed by atoms with Crippen molar-refractivity contribution >= 4 is 11.8 Å². The zero-order chi connectivity index (χ0) is 11.5. The number of unbranched alkanes of at least 4 members (excludes halogenated alkanes) is 5. The van der Waals surface area contributed by atoms with E-state index in [0.717, 1.165) is 12.8 Å². The van der Waals surface area contributed by atoms with Gasteiger partial charge in [-0.15, -0.1) is 0 Å². The van der Waals surface area contributed by atoms with Crippen LogP contribution in [0, 0.1) is 0 Å². The molecule has 97 valence electrons. The van der Waals surface area contributed by atoms with Crippen LogP contribution in [0.1, 0.15) is 58.8 Å². The van der Waals surface area contributed by atoms with Gasteiger partial charge >= 0.3 is 5.97 Å². The molecular weight excluding hydrogens is 251 g/mol. The van der Waals surface area contributed by atoms with Crippen molar-refractivity contribution in [3.63, 3.8) is 0 Å². The monoisotopic (exact) mass is 273 g/mol. The number of hydrogen-bond donors (Lipinski definition) is 0. The van der Waals surface area contributed by atoms with Crippen LogP contribution >= 0.6 is 0 Å². The smallest absolute Gasteiger partial charge is 0.313 e. The molecule has 0 N–H and O–H groups in total. The maximum Gasteiger partial charge on any atom is 0.313 e. The van der Waals surface area contributed by atoms with Gasteiger partial charge in [0.2, 0.25) is 0 Å². The first-order chi connectivity index (χ1) is 7.16. The standard InChI is InChI=1S/C12H22O3.Co/c1-3-4-5-6-7-8-9-15-12(14)10-11(2)13;/h3-10H2,1-2H3;. The molecule has 3 nitrogen and oxygen atoms in total. The van der Waals surface area contributed by atoms with Crippen LogP contribution in [0.5, 0.6) is 0 Å². The van der Waals surface area contributed by atoms with Crippen molar-refractivity contribution in [1.82, 2.24) is 0 Å². The second-order valence-electron chi connectivity index (χ2n) is 3.87. The second-order valence-corrected chi connectivity index (χ2v) is 3.87. The van der Waals surface area contributed by atoms with E-state index in [4.69, 9.17) is 4.74 Å². The molecule has 0 aliphatic heterocycles. The van der Waals surface area contributed by atoms with Gasteiger partial charge in [-0.25, -0.2) is 0 Å². The number of carbonyl (C=O) groups excluding carboxylic acids is 2. The number of Topliss-reactive ketones (excluding diaryl/α,β-unsaturated/α-hetero) is 1. The van der Waals surface area contributed by atoms with Gasteiger partial charge in [-0.3, -0.25) is 9.59 Å². The van der Waals surface area contributed by atoms with Crippen molar-refractivity contribution < 1.29 is 31.1 Å². The van der Waals surface area contributed by atoms with E-state index in [0.29, 0.717) is 6.61 Å². The molecule has 0 aliphatic rings. The summed E-state index contributed by atoms with van der Waals surface area (Å²) in [6, 6.07) is 0. The van der Waals surface area contributed by atoms with Gasteiger partial charge < -0.3 is 4.74 Å². The average molecular weight is 273 g/mol. The predicted octanol–water partition coefficient (Wildman–Crippen LogP) is 2.87. The SMILES string of the molecule is CCCCCCCCOC(=O)CC(C)=O.[Co]. The van der Waals surface area contributed by atoms with Gasteiger partial charge in [-0.05, 0) is 13.3 Å². The Bertz CT molecular complexity index is 193. The van der Waals surface area contributed by atoms with Crippen LogP contribution in [0.2, 0.25) is 0 Å². The molecule has 0 aromatic heterocycles. The van der Waals surface area contributed by atoms with Gasteiger partial charge in [-0.2, -0.15) is 0 Å². The van der Waals surface area contributed by atoms with Crippen LogP contribution in [-0.4, -0.2) is 18.4 Å². The summed E-state index contributed by atoms with van der Waals surface area (Å²) in [5, 5.41) is 0. The topological polar surface area (TPSA) is 43.4 Å². The molecule has 0 bridgehead atoms.